The Morgan fingerprint density at radius 1 is 1.12 bits per heavy atom. The van der Waals surface area contributed by atoms with Crippen molar-refractivity contribution in [2.75, 3.05) is 6.61 Å². The van der Waals surface area contributed by atoms with E-state index in [1.54, 1.807) is 0 Å². The Labute approximate surface area is 193 Å². The third-order valence-corrected chi connectivity index (χ3v) is 5.24. The van der Waals surface area contributed by atoms with Gasteiger partial charge in [-0.2, -0.15) is 0 Å². The van der Waals surface area contributed by atoms with E-state index in [4.69, 9.17) is 4.74 Å². The van der Waals surface area contributed by atoms with Crippen LogP contribution >= 0.6 is 0 Å². The molecule has 2 aromatic carbocycles. The van der Waals surface area contributed by atoms with E-state index >= 15 is 0 Å². The normalized spacial score (nSPS) is 18.5. The summed E-state index contributed by atoms with van der Waals surface area (Å²) in [6, 6.07) is 15.8. The molecule has 3 atom stereocenters. The van der Waals surface area contributed by atoms with Crippen molar-refractivity contribution < 1.29 is 29.0 Å². The topological polar surface area (TPSA) is 114 Å². The molecule has 0 saturated carbocycles. The molecule has 2 amide bonds. The van der Waals surface area contributed by atoms with Crippen LogP contribution in [0.5, 0.6) is 5.75 Å². The number of ether oxygens (including phenoxy) is 2. The highest BCUT2D eigenvalue weighted by Gasteiger charge is 2.36. The van der Waals surface area contributed by atoms with Crippen LogP contribution in [0.25, 0.3) is 0 Å². The second kappa shape index (κ2) is 11.5. The molecule has 33 heavy (non-hydrogen) atoms. The molecule has 0 aliphatic carbocycles. The van der Waals surface area contributed by atoms with Crippen LogP contribution in [-0.2, 0) is 25.5 Å². The first kappa shape index (κ1) is 24.3. The van der Waals surface area contributed by atoms with E-state index < -0.39 is 36.2 Å². The van der Waals surface area contributed by atoms with Crippen molar-refractivity contribution in [3.63, 3.8) is 0 Å². The van der Waals surface area contributed by atoms with E-state index in [1.807, 2.05) is 68.4 Å². The van der Waals surface area contributed by atoms with Crippen molar-refractivity contribution in [1.82, 2.24) is 10.6 Å². The highest BCUT2D eigenvalue weighted by Crippen LogP contribution is 2.21. The van der Waals surface area contributed by atoms with Crippen LogP contribution in [0.4, 0.5) is 0 Å². The minimum Gasteiger partial charge on any atom is -0.483 e. The van der Waals surface area contributed by atoms with Gasteiger partial charge in [-0.1, -0.05) is 62.4 Å². The standard InChI is InChI=1S/C25H30N2O6/c1-16(2)12-19(24(30)27-20-14-23(29)33-25(20)31)26-22(28)15-32-21-11-7-6-10-18(21)13-17-8-4-3-5-9-17/h3-11,16,19-20,25,31H,12-15H2,1-2H3,(H,26,28)(H,27,30)/t19-,20-,25?/m0/s1. The second-order valence-corrected chi connectivity index (χ2v) is 8.51. The highest BCUT2D eigenvalue weighted by atomic mass is 16.6. The summed E-state index contributed by atoms with van der Waals surface area (Å²) in [6.45, 7) is 3.61. The van der Waals surface area contributed by atoms with Crippen molar-refractivity contribution in [3.05, 3.63) is 65.7 Å². The van der Waals surface area contributed by atoms with Gasteiger partial charge >= 0.3 is 5.97 Å². The lowest BCUT2D eigenvalue weighted by molar-refractivity contribution is -0.155. The summed E-state index contributed by atoms with van der Waals surface area (Å²) in [4.78, 5) is 36.6. The number of cyclic esters (lactones) is 1. The maximum Gasteiger partial charge on any atom is 0.310 e. The maximum atomic E-state index is 12.7. The molecule has 3 rings (SSSR count). The van der Waals surface area contributed by atoms with Gasteiger partial charge in [0.15, 0.2) is 6.61 Å². The fourth-order valence-electron chi connectivity index (χ4n) is 3.64. The first-order valence-corrected chi connectivity index (χ1v) is 11.0. The van der Waals surface area contributed by atoms with Gasteiger partial charge in [0.25, 0.3) is 5.91 Å². The number of hydrogen-bond acceptors (Lipinski definition) is 6. The minimum atomic E-state index is -1.39. The zero-order valence-corrected chi connectivity index (χ0v) is 18.8. The van der Waals surface area contributed by atoms with Gasteiger partial charge in [-0.25, -0.2) is 0 Å². The summed E-state index contributed by atoms with van der Waals surface area (Å²) in [6.07, 6.45) is -0.445. The van der Waals surface area contributed by atoms with Crippen molar-refractivity contribution >= 4 is 17.8 Å². The molecule has 0 bridgehead atoms. The lowest BCUT2D eigenvalue weighted by Gasteiger charge is -2.23. The Kier molecular flexibility index (Phi) is 8.43. The molecule has 0 radical (unpaired) electrons. The fourth-order valence-corrected chi connectivity index (χ4v) is 3.64. The quantitative estimate of drug-likeness (QED) is 0.473. The number of rotatable bonds is 10. The van der Waals surface area contributed by atoms with Crippen LogP contribution < -0.4 is 15.4 Å². The van der Waals surface area contributed by atoms with Gasteiger partial charge in [0.2, 0.25) is 12.2 Å². The number of carbonyl (C=O) groups excluding carboxylic acids is 3. The van der Waals surface area contributed by atoms with Gasteiger partial charge in [-0.15, -0.1) is 0 Å². The molecule has 0 spiro atoms. The van der Waals surface area contributed by atoms with Crippen molar-refractivity contribution in [2.24, 2.45) is 5.92 Å². The molecular formula is C25H30N2O6. The summed E-state index contributed by atoms with van der Waals surface area (Å²) < 4.78 is 10.4. The van der Waals surface area contributed by atoms with E-state index in [0.29, 0.717) is 18.6 Å². The molecule has 1 fully saturated rings. The van der Waals surface area contributed by atoms with E-state index in [-0.39, 0.29) is 18.9 Å². The number of para-hydroxylation sites is 1. The van der Waals surface area contributed by atoms with Crippen LogP contribution in [0.2, 0.25) is 0 Å². The smallest absolute Gasteiger partial charge is 0.310 e. The van der Waals surface area contributed by atoms with E-state index in [1.165, 1.54) is 0 Å². The molecule has 1 aliphatic heterocycles. The Hall–Kier alpha value is -3.39. The first-order valence-electron chi connectivity index (χ1n) is 11.0. The molecule has 0 aromatic heterocycles. The van der Waals surface area contributed by atoms with Crippen LogP contribution in [0.3, 0.4) is 0 Å². The molecule has 8 heteroatoms. The fraction of sp³-hybridized carbons (Fsp3) is 0.400. The largest absolute Gasteiger partial charge is 0.483 e. The minimum absolute atomic E-state index is 0.115. The molecular weight excluding hydrogens is 424 g/mol. The predicted octanol–water partition coefficient (Wildman–Crippen LogP) is 1.94. The lowest BCUT2D eigenvalue weighted by Crippen LogP contribution is -2.52. The molecule has 8 nitrogen and oxygen atoms in total. The Balaban J connectivity index is 1.58. The van der Waals surface area contributed by atoms with Crippen molar-refractivity contribution in [2.45, 2.75) is 51.5 Å². The van der Waals surface area contributed by atoms with Gasteiger partial charge in [-0.3, -0.25) is 14.4 Å². The van der Waals surface area contributed by atoms with Gasteiger partial charge in [0.1, 0.15) is 17.8 Å². The Morgan fingerprint density at radius 3 is 2.48 bits per heavy atom. The molecule has 1 unspecified atom stereocenters. The maximum absolute atomic E-state index is 12.7. The van der Waals surface area contributed by atoms with E-state index in [0.717, 1.165) is 11.1 Å². The SMILES string of the molecule is CC(C)C[C@H](NC(=O)COc1ccccc1Cc1ccccc1)C(=O)N[C@H]1CC(=O)OC1O. The van der Waals surface area contributed by atoms with Crippen molar-refractivity contribution in [1.29, 1.82) is 0 Å². The van der Waals surface area contributed by atoms with Crippen LogP contribution in [0.15, 0.2) is 54.6 Å². The Morgan fingerprint density at radius 2 is 1.82 bits per heavy atom. The summed E-state index contributed by atoms with van der Waals surface area (Å²) >= 11 is 0. The monoisotopic (exact) mass is 454 g/mol. The molecule has 1 aliphatic rings. The molecule has 176 valence electrons. The third-order valence-electron chi connectivity index (χ3n) is 5.24. The van der Waals surface area contributed by atoms with Crippen LogP contribution in [0, 0.1) is 5.92 Å². The van der Waals surface area contributed by atoms with Crippen LogP contribution in [-0.4, -0.2) is 47.9 Å². The molecule has 1 saturated heterocycles. The highest BCUT2D eigenvalue weighted by molar-refractivity contribution is 5.88. The zero-order valence-electron chi connectivity index (χ0n) is 18.8. The van der Waals surface area contributed by atoms with Gasteiger partial charge < -0.3 is 25.2 Å². The average Bonchev–Trinajstić information content (AvgIpc) is 3.09. The van der Waals surface area contributed by atoms with Crippen LogP contribution in [0.1, 0.15) is 37.8 Å². The number of nitrogens with one attached hydrogen (secondary N) is 2. The molecule has 3 N–H and O–H groups in total. The number of aliphatic hydroxyl groups is 1. The van der Waals surface area contributed by atoms with Gasteiger partial charge in [0.05, 0.1) is 6.42 Å². The predicted molar refractivity (Wildman–Crippen MR) is 121 cm³/mol. The Bertz CT molecular complexity index is 962. The van der Waals surface area contributed by atoms with E-state index in [9.17, 15) is 19.5 Å². The number of benzene rings is 2. The number of amides is 2. The van der Waals surface area contributed by atoms with E-state index in [2.05, 4.69) is 15.4 Å². The number of esters is 1. The van der Waals surface area contributed by atoms with Gasteiger partial charge in [-0.05, 0) is 29.5 Å². The number of hydrogen-bond donors (Lipinski definition) is 3. The number of carbonyl (C=O) groups is 3. The summed E-state index contributed by atoms with van der Waals surface area (Å²) in [5, 5.41) is 15.0. The third kappa shape index (κ3) is 7.32. The summed E-state index contributed by atoms with van der Waals surface area (Å²) in [7, 11) is 0. The average molecular weight is 455 g/mol. The zero-order chi connectivity index (χ0) is 23.8. The van der Waals surface area contributed by atoms with Gasteiger partial charge in [0, 0.05) is 6.42 Å². The number of aliphatic hydroxyl groups excluding tert-OH is 1. The summed E-state index contributed by atoms with van der Waals surface area (Å²) in [5.41, 5.74) is 2.08. The lowest BCUT2D eigenvalue weighted by atomic mass is 10.0. The van der Waals surface area contributed by atoms with Crippen molar-refractivity contribution in [3.8, 4) is 5.75 Å². The molecule has 1 heterocycles. The second-order valence-electron chi connectivity index (χ2n) is 8.51. The summed E-state index contributed by atoms with van der Waals surface area (Å²) in [5.74, 6) is -0.778. The molecule has 2 aromatic rings. The first-order chi connectivity index (χ1) is 15.8.